The summed E-state index contributed by atoms with van der Waals surface area (Å²) in [6.07, 6.45) is 6.17. The van der Waals surface area contributed by atoms with Crippen molar-refractivity contribution in [3.05, 3.63) is 57.2 Å². The zero-order valence-corrected chi connectivity index (χ0v) is 18.4. The quantitative estimate of drug-likeness (QED) is 0.659. The summed E-state index contributed by atoms with van der Waals surface area (Å²) in [4.78, 5) is 49.9. The van der Waals surface area contributed by atoms with Crippen molar-refractivity contribution in [2.75, 3.05) is 6.54 Å². The fourth-order valence-electron chi connectivity index (χ4n) is 3.95. The van der Waals surface area contributed by atoms with E-state index in [1.54, 1.807) is 13.1 Å². The van der Waals surface area contributed by atoms with Crippen molar-refractivity contribution in [2.24, 2.45) is 0 Å². The molecule has 1 unspecified atom stereocenters. The predicted molar refractivity (Wildman–Crippen MR) is 119 cm³/mol. The highest BCUT2D eigenvalue weighted by molar-refractivity contribution is 7.20. The van der Waals surface area contributed by atoms with E-state index >= 15 is 0 Å². The van der Waals surface area contributed by atoms with Gasteiger partial charge >= 0.3 is 0 Å². The summed E-state index contributed by atoms with van der Waals surface area (Å²) in [7, 11) is 0. The van der Waals surface area contributed by atoms with Crippen LogP contribution in [0.3, 0.4) is 0 Å². The first-order chi connectivity index (χ1) is 15.0. The van der Waals surface area contributed by atoms with Crippen molar-refractivity contribution >= 4 is 33.4 Å². The van der Waals surface area contributed by atoms with Gasteiger partial charge in [-0.05, 0) is 50.8 Å². The van der Waals surface area contributed by atoms with E-state index in [-0.39, 0.29) is 30.0 Å². The highest BCUT2D eigenvalue weighted by Gasteiger charge is 2.25. The maximum Gasteiger partial charge on any atom is 0.262 e. The number of nitrogens with one attached hydrogen (secondary N) is 1. The molecule has 0 bridgehead atoms. The number of thiophene rings is 1. The Bertz CT molecular complexity index is 1170. The van der Waals surface area contributed by atoms with Gasteiger partial charge in [0.05, 0.1) is 28.8 Å². The van der Waals surface area contributed by atoms with Gasteiger partial charge in [-0.2, -0.15) is 0 Å². The monoisotopic (exact) mass is 439 g/mol. The van der Waals surface area contributed by atoms with Crippen LogP contribution in [0.4, 0.5) is 0 Å². The van der Waals surface area contributed by atoms with Crippen molar-refractivity contribution in [3.8, 4) is 0 Å². The lowest BCUT2D eigenvalue weighted by Crippen LogP contribution is -2.44. The highest BCUT2D eigenvalue weighted by atomic mass is 32.1. The van der Waals surface area contributed by atoms with Crippen LogP contribution in [-0.2, 0) is 17.9 Å². The summed E-state index contributed by atoms with van der Waals surface area (Å²) >= 11 is 1.19. The number of hydrogen-bond acceptors (Lipinski definition) is 6. The predicted octanol–water partition coefficient (Wildman–Crippen LogP) is 2.49. The molecule has 1 N–H and O–H groups in total. The van der Waals surface area contributed by atoms with E-state index in [1.807, 2.05) is 30.0 Å². The van der Waals surface area contributed by atoms with Crippen LogP contribution >= 0.6 is 11.3 Å². The molecule has 3 aromatic heterocycles. The third-order valence-electron chi connectivity index (χ3n) is 5.71. The van der Waals surface area contributed by atoms with Crippen molar-refractivity contribution in [3.63, 3.8) is 0 Å². The van der Waals surface area contributed by atoms with Crippen molar-refractivity contribution in [1.82, 2.24) is 24.8 Å². The molecule has 162 valence electrons. The topological polar surface area (TPSA) is 97.2 Å². The van der Waals surface area contributed by atoms with Crippen LogP contribution < -0.4 is 10.9 Å². The molecule has 1 aliphatic heterocycles. The lowest BCUT2D eigenvalue weighted by atomic mass is 10.0. The number of likely N-dealkylation sites (tertiary alicyclic amines) is 1. The minimum absolute atomic E-state index is 0.0391. The number of aryl methyl sites for hydroxylation is 1. The van der Waals surface area contributed by atoms with Crippen LogP contribution in [0.1, 0.15) is 47.1 Å². The second kappa shape index (κ2) is 8.97. The lowest BCUT2D eigenvalue weighted by Gasteiger charge is -2.33. The number of piperidine rings is 1. The zero-order valence-electron chi connectivity index (χ0n) is 17.6. The number of hydrogen-bond donors (Lipinski definition) is 1. The van der Waals surface area contributed by atoms with Gasteiger partial charge in [0.15, 0.2) is 0 Å². The first-order valence-corrected chi connectivity index (χ1v) is 11.2. The molecule has 31 heavy (non-hydrogen) atoms. The number of fused-ring (bicyclic) bond motifs is 1. The number of carbonyl (C=O) groups excluding carboxylic acids is 2. The normalized spacial score (nSPS) is 16.5. The van der Waals surface area contributed by atoms with Gasteiger partial charge in [0, 0.05) is 18.8 Å². The van der Waals surface area contributed by atoms with Gasteiger partial charge < -0.3 is 10.2 Å². The fourth-order valence-corrected chi connectivity index (χ4v) is 5.00. The summed E-state index contributed by atoms with van der Waals surface area (Å²) in [5, 5.41) is 3.24. The Morgan fingerprint density at radius 2 is 2.10 bits per heavy atom. The molecule has 9 heteroatoms. The minimum Gasteiger partial charge on any atom is -0.346 e. The second-order valence-electron chi connectivity index (χ2n) is 7.85. The SMILES string of the molecule is Cc1c(C(=O)NCc2ccccn2)sc2ncn(CC(=O)N3CCCCC3C)c(=O)c12. The average Bonchev–Trinajstić information content (AvgIpc) is 3.12. The van der Waals surface area contributed by atoms with Crippen LogP contribution in [0, 0.1) is 6.92 Å². The largest absolute Gasteiger partial charge is 0.346 e. The molecular weight excluding hydrogens is 414 g/mol. The van der Waals surface area contributed by atoms with E-state index in [0.717, 1.165) is 31.5 Å². The van der Waals surface area contributed by atoms with E-state index in [0.29, 0.717) is 27.2 Å². The van der Waals surface area contributed by atoms with Crippen LogP contribution in [0.5, 0.6) is 0 Å². The number of aromatic nitrogens is 3. The Hall–Kier alpha value is -3.07. The molecule has 1 fully saturated rings. The van der Waals surface area contributed by atoms with E-state index < -0.39 is 0 Å². The third-order valence-corrected chi connectivity index (χ3v) is 6.91. The molecule has 4 rings (SSSR count). The van der Waals surface area contributed by atoms with Gasteiger partial charge in [-0.25, -0.2) is 4.98 Å². The van der Waals surface area contributed by atoms with E-state index in [4.69, 9.17) is 0 Å². The molecule has 0 spiro atoms. The number of pyridine rings is 1. The molecule has 0 aromatic carbocycles. The zero-order chi connectivity index (χ0) is 22.0. The summed E-state index contributed by atoms with van der Waals surface area (Å²) in [6.45, 7) is 4.77. The lowest BCUT2D eigenvalue weighted by molar-refractivity contribution is -0.135. The molecular formula is C22H25N5O3S. The van der Waals surface area contributed by atoms with Crippen molar-refractivity contribution < 1.29 is 9.59 Å². The Labute approximate surface area is 183 Å². The van der Waals surface area contributed by atoms with Crippen molar-refractivity contribution in [1.29, 1.82) is 0 Å². The average molecular weight is 440 g/mol. The fraction of sp³-hybridized carbons (Fsp3) is 0.409. The third kappa shape index (κ3) is 4.36. The van der Waals surface area contributed by atoms with Crippen LogP contribution in [0.15, 0.2) is 35.5 Å². The van der Waals surface area contributed by atoms with Gasteiger partial charge in [0.1, 0.15) is 11.4 Å². The molecule has 4 heterocycles. The Balaban J connectivity index is 1.55. The Morgan fingerprint density at radius 1 is 1.26 bits per heavy atom. The van der Waals surface area contributed by atoms with E-state index in [1.165, 1.54) is 22.2 Å². The number of carbonyl (C=O) groups is 2. The van der Waals surface area contributed by atoms with Crippen LogP contribution in [0.25, 0.3) is 10.2 Å². The first-order valence-electron chi connectivity index (χ1n) is 10.4. The molecule has 2 amide bonds. The molecule has 0 radical (unpaired) electrons. The van der Waals surface area contributed by atoms with Gasteiger partial charge in [-0.1, -0.05) is 6.07 Å². The molecule has 1 aliphatic rings. The molecule has 0 aliphatic carbocycles. The summed E-state index contributed by atoms with van der Waals surface area (Å²) in [6, 6.07) is 5.69. The van der Waals surface area contributed by atoms with Gasteiger partial charge in [-0.15, -0.1) is 11.3 Å². The van der Waals surface area contributed by atoms with Crippen molar-refractivity contribution in [2.45, 2.75) is 52.2 Å². The van der Waals surface area contributed by atoms with Crippen LogP contribution in [0.2, 0.25) is 0 Å². The number of amides is 2. The summed E-state index contributed by atoms with van der Waals surface area (Å²) in [5.41, 5.74) is 1.05. The maximum absolute atomic E-state index is 13.1. The molecule has 1 atom stereocenters. The summed E-state index contributed by atoms with van der Waals surface area (Å²) < 4.78 is 1.35. The number of rotatable bonds is 5. The molecule has 8 nitrogen and oxygen atoms in total. The smallest absolute Gasteiger partial charge is 0.262 e. The first kappa shape index (κ1) is 21.2. The Morgan fingerprint density at radius 3 is 2.84 bits per heavy atom. The maximum atomic E-state index is 13.1. The van der Waals surface area contributed by atoms with Crippen LogP contribution in [-0.4, -0.2) is 43.8 Å². The van der Waals surface area contributed by atoms with E-state index in [9.17, 15) is 14.4 Å². The van der Waals surface area contributed by atoms with Gasteiger partial charge in [-0.3, -0.25) is 23.9 Å². The number of nitrogens with zero attached hydrogens (tertiary/aromatic N) is 4. The standard InChI is InChI=1S/C22H25N5O3S/c1-14-7-4-6-10-27(14)17(28)12-26-13-25-21-18(22(26)30)15(2)19(31-21)20(29)24-11-16-8-3-5-9-23-16/h3,5,8-9,13-14H,4,6-7,10-12H2,1-2H3,(H,24,29). The minimum atomic E-state index is -0.291. The summed E-state index contributed by atoms with van der Waals surface area (Å²) in [5.74, 6) is -0.341. The highest BCUT2D eigenvalue weighted by Crippen LogP contribution is 2.27. The van der Waals surface area contributed by atoms with E-state index in [2.05, 4.69) is 15.3 Å². The second-order valence-corrected chi connectivity index (χ2v) is 8.85. The molecule has 1 saturated heterocycles. The van der Waals surface area contributed by atoms with Gasteiger partial charge in [0.2, 0.25) is 5.91 Å². The Kier molecular flexibility index (Phi) is 6.13. The molecule has 0 saturated carbocycles. The van der Waals surface area contributed by atoms with Gasteiger partial charge in [0.25, 0.3) is 11.5 Å². The molecule has 3 aromatic rings.